The molecule has 0 amide bonds. The first kappa shape index (κ1) is 12.2. The average molecular weight is 277 g/mol. The number of hydrogen-bond acceptors (Lipinski definition) is 4. The summed E-state index contributed by atoms with van der Waals surface area (Å²) in [6.45, 7) is 3.95. The van der Waals surface area contributed by atoms with E-state index in [1.54, 1.807) is 6.92 Å². The van der Waals surface area contributed by atoms with E-state index in [9.17, 15) is 9.59 Å². The first-order chi connectivity index (χ1) is 7.04. The van der Waals surface area contributed by atoms with E-state index in [0.717, 1.165) is 0 Å². The number of carbonyl (C=O) groups is 2. The number of esters is 2. The summed E-state index contributed by atoms with van der Waals surface area (Å²) < 4.78 is 9.98. The summed E-state index contributed by atoms with van der Waals surface area (Å²) in [5.74, 6) is -0.222. The standard InChI is InChI=1S/C10H13BrO4/c1-3-14-10(13)9(11)7-4-6(2)5-8(12)15-7/h6H,3-5H2,1-2H3/b9-7-. The van der Waals surface area contributed by atoms with Gasteiger partial charge in [-0.15, -0.1) is 0 Å². The van der Waals surface area contributed by atoms with E-state index in [4.69, 9.17) is 9.47 Å². The van der Waals surface area contributed by atoms with Gasteiger partial charge in [0, 0.05) is 12.8 Å². The number of hydrogen-bond donors (Lipinski definition) is 0. The molecule has 5 heteroatoms. The van der Waals surface area contributed by atoms with Crippen LogP contribution >= 0.6 is 15.9 Å². The normalized spacial score (nSPS) is 24.5. The Balaban J connectivity index is 2.78. The summed E-state index contributed by atoms with van der Waals surface area (Å²) in [5, 5.41) is 0. The third-order valence-corrected chi connectivity index (χ3v) is 2.75. The highest BCUT2D eigenvalue weighted by atomic mass is 79.9. The van der Waals surface area contributed by atoms with Gasteiger partial charge in [-0.05, 0) is 28.8 Å². The molecule has 0 spiro atoms. The minimum absolute atomic E-state index is 0.197. The van der Waals surface area contributed by atoms with Crippen LogP contribution in [0.1, 0.15) is 26.7 Å². The summed E-state index contributed by atoms with van der Waals surface area (Å²) >= 11 is 3.09. The molecule has 1 aliphatic heterocycles. The molecule has 84 valence electrons. The largest absolute Gasteiger partial charge is 0.462 e. The van der Waals surface area contributed by atoms with E-state index in [0.29, 0.717) is 25.2 Å². The molecule has 0 aromatic heterocycles. The van der Waals surface area contributed by atoms with Gasteiger partial charge < -0.3 is 9.47 Å². The zero-order chi connectivity index (χ0) is 11.4. The van der Waals surface area contributed by atoms with E-state index in [1.165, 1.54) is 0 Å². The van der Waals surface area contributed by atoms with Crippen molar-refractivity contribution in [3.63, 3.8) is 0 Å². The van der Waals surface area contributed by atoms with Gasteiger partial charge in [0.2, 0.25) is 0 Å². The van der Waals surface area contributed by atoms with Gasteiger partial charge >= 0.3 is 11.9 Å². The minimum atomic E-state index is -0.491. The molecule has 0 aliphatic carbocycles. The summed E-state index contributed by atoms with van der Waals surface area (Å²) in [5.41, 5.74) is 0. The molecule has 15 heavy (non-hydrogen) atoms. The third-order valence-electron chi connectivity index (χ3n) is 1.99. The van der Waals surface area contributed by atoms with Crippen LogP contribution in [0, 0.1) is 5.92 Å². The Morgan fingerprint density at radius 2 is 2.27 bits per heavy atom. The van der Waals surface area contributed by atoms with Crippen LogP contribution in [0.25, 0.3) is 0 Å². The second-order valence-electron chi connectivity index (χ2n) is 3.45. The van der Waals surface area contributed by atoms with Crippen LogP contribution in [0.15, 0.2) is 10.2 Å². The first-order valence-electron chi connectivity index (χ1n) is 4.81. The van der Waals surface area contributed by atoms with Crippen molar-refractivity contribution in [2.24, 2.45) is 5.92 Å². The van der Waals surface area contributed by atoms with Crippen LogP contribution in [0.3, 0.4) is 0 Å². The van der Waals surface area contributed by atoms with Crippen molar-refractivity contribution >= 4 is 27.9 Å². The fraction of sp³-hybridized carbons (Fsp3) is 0.600. The average Bonchev–Trinajstić information content (AvgIpc) is 2.15. The molecule has 0 saturated carbocycles. The maximum atomic E-state index is 11.3. The van der Waals surface area contributed by atoms with Crippen molar-refractivity contribution in [3.05, 3.63) is 10.2 Å². The number of allylic oxidation sites excluding steroid dienone is 1. The molecule has 0 radical (unpaired) electrons. The Labute approximate surface area is 96.7 Å². The number of ether oxygens (including phenoxy) is 2. The summed E-state index contributed by atoms with van der Waals surface area (Å²) in [6, 6.07) is 0. The summed E-state index contributed by atoms with van der Waals surface area (Å²) in [4.78, 5) is 22.5. The first-order valence-corrected chi connectivity index (χ1v) is 5.60. The number of cyclic esters (lactones) is 1. The Morgan fingerprint density at radius 3 is 2.80 bits per heavy atom. The fourth-order valence-corrected chi connectivity index (χ4v) is 1.69. The maximum Gasteiger partial charge on any atom is 0.348 e. The Kier molecular flexibility index (Phi) is 4.32. The molecular formula is C10H13BrO4. The van der Waals surface area contributed by atoms with Crippen molar-refractivity contribution in [2.45, 2.75) is 26.7 Å². The zero-order valence-electron chi connectivity index (χ0n) is 8.71. The molecule has 1 aliphatic rings. The lowest BCUT2D eigenvalue weighted by atomic mass is 10.0. The van der Waals surface area contributed by atoms with Crippen molar-refractivity contribution in [1.29, 1.82) is 0 Å². The van der Waals surface area contributed by atoms with E-state index in [2.05, 4.69) is 15.9 Å². The van der Waals surface area contributed by atoms with Crippen LogP contribution in [0.4, 0.5) is 0 Å². The van der Waals surface area contributed by atoms with E-state index < -0.39 is 5.97 Å². The third kappa shape index (κ3) is 3.34. The molecule has 1 unspecified atom stereocenters. The Hall–Kier alpha value is -0.840. The zero-order valence-corrected chi connectivity index (χ0v) is 10.3. The molecule has 0 N–H and O–H groups in total. The van der Waals surface area contributed by atoms with E-state index in [-0.39, 0.29) is 16.4 Å². The van der Waals surface area contributed by atoms with Crippen LogP contribution in [0.2, 0.25) is 0 Å². The predicted molar refractivity (Wildman–Crippen MR) is 57.1 cm³/mol. The van der Waals surface area contributed by atoms with Crippen molar-refractivity contribution in [1.82, 2.24) is 0 Å². The Bertz CT molecular complexity index is 309. The summed E-state index contributed by atoms with van der Waals surface area (Å²) in [7, 11) is 0. The summed E-state index contributed by atoms with van der Waals surface area (Å²) in [6.07, 6.45) is 0.970. The minimum Gasteiger partial charge on any atom is -0.462 e. The maximum absolute atomic E-state index is 11.3. The highest BCUT2D eigenvalue weighted by molar-refractivity contribution is 9.12. The number of rotatable bonds is 2. The SMILES string of the molecule is CCOC(=O)/C(Br)=C1\CC(C)CC(=O)O1. The van der Waals surface area contributed by atoms with Gasteiger partial charge in [0.15, 0.2) is 0 Å². The van der Waals surface area contributed by atoms with Gasteiger partial charge in [-0.3, -0.25) is 4.79 Å². The fourth-order valence-electron chi connectivity index (χ4n) is 1.34. The highest BCUT2D eigenvalue weighted by Gasteiger charge is 2.26. The second kappa shape index (κ2) is 5.30. The lowest BCUT2D eigenvalue weighted by molar-refractivity contribution is -0.144. The molecule has 1 saturated heterocycles. The molecule has 1 heterocycles. The molecule has 1 atom stereocenters. The lowest BCUT2D eigenvalue weighted by Crippen LogP contribution is -2.20. The van der Waals surface area contributed by atoms with Gasteiger partial charge in [-0.25, -0.2) is 4.79 Å². The van der Waals surface area contributed by atoms with Crippen molar-refractivity contribution in [3.8, 4) is 0 Å². The van der Waals surface area contributed by atoms with Gasteiger partial charge in [0.1, 0.15) is 10.2 Å². The topological polar surface area (TPSA) is 52.6 Å². The van der Waals surface area contributed by atoms with Gasteiger partial charge in [0.05, 0.1) is 6.61 Å². The number of halogens is 1. The van der Waals surface area contributed by atoms with Crippen LogP contribution < -0.4 is 0 Å². The molecular weight excluding hydrogens is 264 g/mol. The van der Waals surface area contributed by atoms with Crippen LogP contribution in [-0.4, -0.2) is 18.5 Å². The van der Waals surface area contributed by atoms with Gasteiger partial charge in [-0.1, -0.05) is 6.92 Å². The van der Waals surface area contributed by atoms with E-state index in [1.807, 2.05) is 6.92 Å². The monoisotopic (exact) mass is 276 g/mol. The molecule has 1 rings (SSSR count). The van der Waals surface area contributed by atoms with Gasteiger partial charge in [0.25, 0.3) is 0 Å². The number of carbonyl (C=O) groups excluding carboxylic acids is 2. The highest BCUT2D eigenvalue weighted by Crippen LogP contribution is 2.28. The lowest BCUT2D eigenvalue weighted by Gasteiger charge is -2.20. The molecule has 1 fully saturated rings. The van der Waals surface area contributed by atoms with Crippen LogP contribution in [-0.2, 0) is 19.1 Å². The molecule has 0 aromatic carbocycles. The molecule has 0 aromatic rings. The van der Waals surface area contributed by atoms with E-state index >= 15 is 0 Å². The predicted octanol–water partition coefficient (Wildman–Crippen LogP) is 2.13. The van der Waals surface area contributed by atoms with Crippen molar-refractivity contribution < 1.29 is 19.1 Å². The van der Waals surface area contributed by atoms with Crippen molar-refractivity contribution in [2.75, 3.05) is 6.61 Å². The molecule has 4 nitrogen and oxygen atoms in total. The quantitative estimate of drug-likeness (QED) is 0.573. The smallest absolute Gasteiger partial charge is 0.348 e. The van der Waals surface area contributed by atoms with Gasteiger partial charge in [-0.2, -0.15) is 0 Å². The Morgan fingerprint density at radius 1 is 1.60 bits per heavy atom. The molecule has 0 bridgehead atoms. The second-order valence-corrected chi connectivity index (χ2v) is 4.24. The van der Waals surface area contributed by atoms with Crippen LogP contribution in [0.5, 0.6) is 0 Å².